The molecule has 0 aromatic heterocycles. The third-order valence-corrected chi connectivity index (χ3v) is 3.24. The van der Waals surface area contributed by atoms with E-state index in [0.717, 1.165) is 38.2 Å². The molecule has 0 atom stereocenters. The number of hydrogen-bond acceptors (Lipinski definition) is 4. The number of nitrogens with one attached hydrogen (secondary N) is 1. The van der Waals surface area contributed by atoms with Crippen molar-refractivity contribution in [2.24, 2.45) is 5.73 Å². The summed E-state index contributed by atoms with van der Waals surface area (Å²) in [5, 5.41) is 2.82. The zero-order chi connectivity index (χ0) is 15.6. The first-order valence-corrected chi connectivity index (χ1v) is 8.53. The SMILES string of the molecule is NCCCCC(=O)NCCOCCOCCCCCCCl. The summed E-state index contributed by atoms with van der Waals surface area (Å²) in [5.74, 6) is 0.818. The van der Waals surface area contributed by atoms with Crippen molar-refractivity contribution in [2.75, 3.05) is 45.4 Å². The van der Waals surface area contributed by atoms with Crippen molar-refractivity contribution in [3.63, 3.8) is 0 Å². The van der Waals surface area contributed by atoms with Gasteiger partial charge in [0, 0.05) is 25.5 Å². The number of halogens is 1. The average molecular weight is 323 g/mol. The Labute approximate surface area is 133 Å². The molecule has 0 heterocycles. The molecule has 0 unspecified atom stereocenters. The van der Waals surface area contributed by atoms with Crippen LogP contribution >= 0.6 is 11.6 Å². The Kier molecular flexibility index (Phi) is 17.4. The second kappa shape index (κ2) is 17.7. The van der Waals surface area contributed by atoms with Crippen molar-refractivity contribution in [1.29, 1.82) is 0 Å². The van der Waals surface area contributed by atoms with E-state index in [-0.39, 0.29) is 5.91 Å². The van der Waals surface area contributed by atoms with E-state index in [0.29, 0.717) is 39.3 Å². The van der Waals surface area contributed by atoms with Crippen LogP contribution in [0.5, 0.6) is 0 Å². The number of rotatable bonds is 16. The molecule has 21 heavy (non-hydrogen) atoms. The lowest BCUT2D eigenvalue weighted by Crippen LogP contribution is -2.27. The van der Waals surface area contributed by atoms with Crippen molar-refractivity contribution < 1.29 is 14.3 Å². The molecular weight excluding hydrogens is 292 g/mol. The Bertz CT molecular complexity index is 231. The van der Waals surface area contributed by atoms with Gasteiger partial charge < -0.3 is 20.5 Å². The summed E-state index contributed by atoms with van der Waals surface area (Å²) >= 11 is 5.60. The molecule has 0 aromatic carbocycles. The first-order chi connectivity index (χ1) is 10.3. The van der Waals surface area contributed by atoms with Crippen LogP contribution < -0.4 is 11.1 Å². The fourth-order valence-electron chi connectivity index (χ4n) is 1.76. The van der Waals surface area contributed by atoms with Crippen LogP contribution in [0.4, 0.5) is 0 Å². The molecule has 0 spiro atoms. The number of hydrogen-bond donors (Lipinski definition) is 2. The summed E-state index contributed by atoms with van der Waals surface area (Å²) in [6.07, 6.45) is 6.80. The van der Waals surface area contributed by atoms with E-state index in [9.17, 15) is 4.79 Å². The van der Waals surface area contributed by atoms with Gasteiger partial charge in [-0.3, -0.25) is 4.79 Å². The van der Waals surface area contributed by atoms with Gasteiger partial charge in [-0.25, -0.2) is 0 Å². The van der Waals surface area contributed by atoms with Gasteiger partial charge >= 0.3 is 0 Å². The zero-order valence-electron chi connectivity index (χ0n) is 13.1. The number of carbonyl (C=O) groups is 1. The van der Waals surface area contributed by atoms with E-state index in [1.807, 2.05) is 0 Å². The molecule has 0 saturated heterocycles. The summed E-state index contributed by atoms with van der Waals surface area (Å²) in [7, 11) is 0. The third-order valence-electron chi connectivity index (χ3n) is 2.97. The maximum Gasteiger partial charge on any atom is 0.220 e. The Hall–Kier alpha value is -0.360. The van der Waals surface area contributed by atoms with Gasteiger partial charge in [0.15, 0.2) is 0 Å². The molecule has 0 radical (unpaired) electrons. The number of ether oxygens (including phenoxy) is 2. The molecule has 0 saturated carbocycles. The van der Waals surface area contributed by atoms with Crippen molar-refractivity contribution in [2.45, 2.75) is 44.9 Å². The molecule has 6 heteroatoms. The van der Waals surface area contributed by atoms with Gasteiger partial charge in [0.05, 0.1) is 19.8 Å². The number of alkyl halides is 1. The van der Waals surface area contributed by atoms with E-state index in [1.165, 1.54) is 12.8 Å². The summed E-state index contributed by atoms with van der Waals surface area (Å²) in [6, 6.07) is 0. The molecule has 0 aliphatic rings. The number of unbranched alkanes of at least 4 members (excludes halogenated alkanes) is 4. The molecule has 0 fully saturated rings. The first kappa shape index (κ1) is 20.6. The van der Waals surface area contributed by atoms with Gasteiger partial charge in [0.1, 0.15) is 0 Å². The quantitative estimate of drug-likeness (QED) is 0.337. The standard InChI is InChI=1S/C15H31ClN2O3/c16-8-4-1-2-6-11-20-13-14-21-12-10-18-15(19)7-3-5-9-17/h1-14,17H2,(H,18,19). The highest BCUT2D eigenvalue weighted by Crippen LogP contribution is 2.01. The monoisotopic (exact) mass is 322 g/mol. The van der Waals surface area contributed by atoms with E-state index in [1.54, 1.807) is 0 Å². The molecule has 126 valence electrons. The molecule has 0 aliphatic carbocycles. The van der Waals surface area contributed by atoms with E-state index in [2.05, 4.69) is 5.32 Å². The lowest BCUT2D eigenvalue weighted by Gasteiger charge is -2.07. The van der Waals surface area contributed by atoms with E-state index in [4.69, 9.17) is 26.8 Å². The van der Waals surface area contributed by atoms with Crippen molar-refractivity contribution >= 4 is 17.5 Å². The Morgan fingerprint density at radius 2 is 1.62 bits per heavy atom. The van der Waals surface area contributed by atoms with Crippen LogP contribution in [-0.2, 0) is 14.3 Å². The second-order valence-electron chi connectivity index (χ2n) is 4.92. The molecule has 1 amide bonds. The normalized spacial score (nSPS) is 10.8. The van der Waals surface area contributed by atoms with E-state index < -0.39 is 0 Å². The van der Waals surface area contributed by atoms with Crippen molar-refractivity contribution in [3.8, 4) is 0 Å². The van der Waals surface area contributed by atoms with Crippen molar-refractivity contribution in [3.05, 3.63) is 0 Å². The number of amides is 1. The highest BCUT2D eigenvalue weighted by Gasteiger charge is 1.99. The Morgan fingerprint density at radius 1 is 0.905 bits per heavy atom. The predicted octanol–water partition coefficient (Wildman–Crippen LogP) is 2.06. The lowest BCUT2D eigenvalue weighted by atomic mass is 10.2. The molecule has 0 aliphatic heterocycles. The van der Waals surface area contributed by atoms with Gasteiger partial charge in [-0.05, 0) is 32.2 Å². The predicted molar refractivity (Wildman–Crippen MR) is 86.7 cm³/mol. The van der Waals surface area contributed by atoms with Gasteiger partial charge in [-0.15, -0.1) is 11.6 Å². The molecule has 0 aromatic rings. The van der Waals surface area contributed by atoms with E-state index >= 15 is 0 Å². The summed E-state index contributed by atoms with van der Waals surface area (Å²) in [5.41, 5.74) is 5.37. The topological polar surface area (TPSA) is 73.6 Å². The molecular formula is C15H31ClN2O3. The van der Waals surface area contributed by atoms with Gasteiger partial charge in [-0.2, -0.15) is 0 Å². The fraction of sp³-hybridized carbons (Fsp3) is 0.933. The maximum absolute atomic E-state index is 11.4. The first-order valence-electron chi connectivity index (χ1n) is 7.99. The maximum atomic E-state index is 11.4. The van der Waals surface area contributed by atoms with Crippen LogP contribution in [0, 0.1) is 0 Å². The van der Waals surface area contributed by atoms with Gasteiger partial charge in [-0.1, -0.05) is 12.8 Å². The minimum atomic E-state index is 0.0697. The summed E-state index contributed by atoms with van der Waals surface area (Å²) in [6.45, 7) is 3.69. The van der Waals surface area contributed by atoms with Gasteiger partial charge in [0.25, 0.3) is 0 Å². The molecule has 3 N–H and O–H groups in total. The minimum absolute atomic E-state index is 0.0697. The van der Waals surface area contributed by atoms with Crippen LogP contribution in [-0.4, -0.2) is 51.3 Å². The number of nitrogens with two attached hydrogens (primary N) is 1. The average Bonchev–Trinajstić information content (AvgIpc) is 2.48. The number of carbonyl (C=O) groups excluding carboxylic acids is 1. The third kappa shape index (κ3) is 17.6. The second-order valence-corrected chi connectivity index (χ2v) is 5.30. The smallest absolute Gasteiger partial charge is 0.220 e. The minimum Gasteiger partial charge on any atom is -0.379 e. The Morgan fingerprint density at radius 3 is 2.33 bits per heavy atom. The van der Waals surface area contributed by atoms with Crippen LogP contribution in [0.1, 0.15) is 44.9 Å². The van der Waals surface area contributed by atoms with Crippen LogP contribution in [0.25, 0.3) is 0 Å². The Balaban J connectivity index is 3.06. The fourth-order valence-corrected chi connectivity index (χ4v) is 1.94. The summed E-state index contributed by atoms with van der Waals surface area (Å²) < 4.78 is 10.8. The largest absolute Gasteiger partial charge is 0.379 e. The summed E-state index contributed by atoms with van der Waals surface area (Å²) in [4.78, 5) is 11.4. The van der Waals surface area contributed by atoms with Crippen LogP contribution in [0.2, 0.25) is 0 Å². The lowest BCUT2D eigenvalue weighted by molar-refractivity contribution is -0.121. The van der Waals surface area contributed by atoms with Crippen LogP contribution in [0.15, 0.2) is 0 Å². The van der Waals surface area contributed by atoms with Crippen LogP contribution in [0.3, 0.4) is 0 Å². The zero-order valence-corrected chi connectivity index (χ0v) is 13.8. The highest BCUT2D eigenvalue weighted by molar-refractivity contribution is 6.17. The molecule has 5 nitrogen and oxygen atoms in total. The molecule has 0 bridgehead atoms. The van der Waals surface area contributed by atoms with Crippen molar-refractivity contribution in [1.82, 2.24) is 5.32 Å². The molecule has 0 rings (SSSR count). The van der Waals surface area contributed by atoms with Gasteiger partial charge in [0.2, 0.25) is 5.91 Å². The highest BCUT2D eigenvalue weighted by atomic mass is 35.5.